The molecule has 0 spiro atoms. The van der Waals surface area contributed by atoms with Crippen LogP contribution in [0.2, 0.25) is 0 Å². The van der Waals surface area contributed by atoms with Crippen molar-refractivity contribution in [2.45, 2.75) is 6.61 Å². The number of nitrogens with two attached hydrogens (primary N) is 1. The molecule has 2 rings (SSSR count). The van der Waals surface area contributed by atoms with E-state index in [0.717, 1.165) is 17.5 Å². The first kappa shape index (κ1) is 13.0. The van der Waals surface area contributed by atoms with Crippen molar-refractivity contribution in [2.75, 3.05) is 12.5 Å². The van der Waals surface area contributed by atoms with Crippen LogP contribution in [0.4, 0.5) is 10.3 Å². The molecule has 0 aliphatic carbocycles. The van der Waals surface area contributed by atoms with Crippen molar-refractivity contribution < 1.29 is 13.9 Å². The van der Waals surface area contributed by atoms with Crippen LogP contribution in [0.1, 0.15) is 5.56 Å². The zero-order valence-corrected chi connectivity index (χ0v) is 10.3. The van der Waals surface area contributed by atoms with Gasteiger partial charge >= 0.3 is 0 Å². The Hall–Kier alpha value is -2.41. The number of nitrogens with zero attached hydrogens (tertiary/aromatic N) is 2. The Morgan fingerprint density at radius 2 is 2.05 bits per heavy atom. The summed E-state index contributed by atoms with van der Waals surface area (Å²) in [4.78, 5) is 7.39. The Labute approximate surface area is 109 Å². The monoisotopic (exact) mass is 264 g/mol. The van der Waals surface area contributed by atoms with Crippen LogP contribution >= 0.6 is 0 Å². The molecule has 6 nitrogen and oxygen atoms in total. The topological polar surface area (TPSA) is 82.3 Å². The van der Waals surface area contributed by atoms with Crippen LogP contribution in [0.15, 0.2) is 30.5 Å². The Kier molecular flexibility index (Phi) is 4.09. The van der Waals surface area contributed by atoms with Crippen molar-refractivity contribution in [2.24, 2.45) is 5.84 Å². The van der Waals surface area contributed by atoms with E-state index < -0.39 is 5.82 Å². The Balaban J connectivity index is 2.05. The van der Waals surface area contributed by atoms with Gasteiger partial charge < -0.3 is 9.47 Å². The fourth-order valence-electron chi connectivity index (χ4n) is 1.40. The summed E-state index contributed by atoms with van der Waals surface area (Å²) in [6.45, 7) is 0.182. The number of nitrogens with one attached hydrogen (secondary N) is 1. The van der Waals surface area contributed by atoms with E-state index in [0.29, 0.717) is 0 Å². The van der Waals surface area contributed by atoms with Crippen LogP contribution in [0.5, 0.6) is 11.6 Å². The number of hydrogen-bond acceptors (Lipinski definition) is 6. The van der Waals surface area contributed by atoms with Gasteiger partial charge in [0.25, 0.3) is 5.88 Å². The van der Waals surface area contributed by atoms with E-state index in [1.165, 1.54) is 0 Å². The van der Waals surface area contributed by atoms with Crippen LogP contribution in [-0.2, 0) is 6.61 Å². The fourth-order valence-corrected chi connectivity index (χ4v) is 1.40. The summed E-state index contributed by atoms with van der Waals surface area (Å²) >= 11 is 0. The smallest absolute Gasteiger partial charge is 0.255 e. The molecule has 100 valence electrons. The zero-order chi connectivity index (χ0) is 13.7. The third kappa shape index (κ3) is 3.29. The van der Waals surface area contributed by atoms with E-state index in [9.17, 15) is 4.39 Å². The van der Waals surface area contributed by atoms with Gasteiger partial charge in [0.1, 0.15) is 12.4 Å². The van der Waals surface area contributed by atoms with Gasteiger partial charge in [0.2, 0.25) is 11.8 Å². The summed E-state index contributed by atoms with van der Waals surface area (Å²) in [5, 5.41) is 0. The maximum atomic E-state index is 13.4. The number of aromatic nitrogens is 2. The molecule has 2 aromatic rings. The summed E-state index contributed by atoms with van der Waals surface area (Å²) in [5.41, 5.74) is 3.08. The van der Waals surface area contributed by atoms with Crippen LogP contribution in [0.25, 0.3) is 0 Å². The Morgan fingerprint density at radius 1 is 1.32 bits per heavy atom. The number of halogens is 1. The number of benzene rings is 1. The Morgan fingerprint density at radius 3 is 2.68 bits per heavy atom. The highest BCUT2D eigenvalue weighted by molar-refractivity contribution is 5.28. The lowest BCUT2D eigenvalue weighted by Gasteiger charge is -2.08. The van der Waals surface area contributed by atoms with Gasteiger partial charge in [-0.05, 0) is 17.7 Å². The van der Waals surface area contributed by atoms with Gasteiger partial charge in [-0.1, -0.05) is 12.1 Å². The fraction of sp³-hybridized carbons (Fsp3) is 0.167. The van der Waals surface area contributed by atoms with Crippen LogP contribution in [0, 0.1) is 5.82 Å². The average Bonchev–Trinajstić information content (AvgIpc) is 2.47. The molecule has 0 unspecified atom stereocenters. The second-order valence-corrected chi connectivity index (χ2v) is 3.63. The maximum Gasteiger partial charge on any atom is 0.255 e. The van der Waals surface area contributed by atoms with E-state index in [2.05, 4.69) is 15.4 Å². The molecule has 0 bridgehead atoms. The van der Waals surface area contributed by atoms with Crippen molar-refractivity contribution in [1.29, 1.82) is 0 Å². The molecule has 0 aliphatic heterocycles. The first-order chi connectivity index (χ1) is 9.22. The van der Waals surface area contributed by atoms with E-state index in [4.69, 9.17) is 15.3 Å². The van der Waals surface area contributed by atoms with E-state index >= 15 is 0 Å². The normalized spacial score (nSPS) is 10.1. The minimum atomic E-state index is -0.646. The minimum Gasteiger partial charge on any atom is -0.497 e. The van der Waals surface area contributed by atoms with Gasteiger partial charge in [-0.25, -0.2) is 10.8 Å². The maximum absolute atomic E-state index is 13.4. The Bertz CT molecular complexity index is 548. The summed E-state index contributed by atoms with van der Waals surface area (Å²) < 4.78 is 23.7. The molecular formula is C12H13FN4O2. The van der Waals surface area contributed by atoms with Crippen LogP contribution in [0.3, 0.4) is 0 Å². The molecule has 0 saturated carbocycles. The molecule has 3 N–H and O–H groups in total. The molecule has 1 heterocycles. The summed E-state index contributed by atoms with van der Waals surface area (Å²) in [6, 6.07) is 7.23. The van der Waals surface area contributed by atoms with E-state index in [1.807, 2.05) is 12.1 Å². The molecule has 0 radical (unpaired) electrons. The predicted octanol–water partition coefficient (Wildman–Crippen LogP) is 1.49. The molecule has 1 aromatic heterocycles. The summed E-state index contributed by atoms with van der Waals surface area (Å²) in [7, 11) is 1.59. The SMILES string of the molecule is COc1ccc(COc2nc(NN)ncc2F)cc1. The minimum absolute atomic E-state index is 0.0890. The lowest BCUT2D eigenvalue weighted by atomic mass is 10.2. The molecule has 0 fully saturated rings. The highest BCUT2D eigenvalue weighted by Gasteiger charge is 2.08. The first-order valence-corrected chi connectivity index (χ1v) is 5.48. The summed E-state index contributed by atoms with van der Waals surface area (Å²) in [6.07, 6.45) is 0.992. The zero-order valence-electron chi connectivity index (χ0n) is 10.3. The number of nitrogen functional groups attached to an aromatic ring is 1. The highest BCUT2D eigenvalue weighted by atomic mass is 19.1. The quantitative estimate of drug-likeness (QED) is 0.629. The molecule has 0 amide bonds. The molecule has 0 saturated heterocycles. The number of ether oxygens (including phenoxy) is 2. The number of rotatable bonds is 5. The van der Waals surface area contributed by atoms with Crippen molar-refractivity contribution in [1.82, 2.24) is 9.97 Å². The lowest BCUT2D eigenvalue weighted by Crippen LogP contribution is -2.11. The standard InChI is InChI=1S/C12H13FN4O2/c1-18-9-4-2-8(3-5-9)7-19-11-10(13)6-15-12(16-11)17-14/h2-6H,7,14H2,1H3,(H,15,16,17). The van der Waals surface area contributed by atoms with Gasteiger partial charge in [0.15, 0.2) is 0 Å². The van der Waals surface area contributed by atoms with E-state index in [1.54, 1.807) is 19.2 Å². The molecule has 19 heavy (non-hydrogen) atoms. The van der Waals surface area contributed by atoms with Gasteiger partial charge in [-0.15, -0.1) is 0 Å². The third-order valence-corrected chi connectivity index (χ3v) is 2.38. The van der Waals surface area contributed by atoms with Crippen molar-refractivity contribution in [3.63, 3.8) is 0 Å². The number of methoxy groups -OCH3 is 1. The number of anilines is 1. The number of hydrazine groups is 1. The molecular weight excluding hydrogens is 251 g/mol. The molecule has 7 heteroatoms. The second-order valence-electron chi connectivity index (χ2n) is 3.63. The van der Waals surface area contributed by atoms with Crippen molar-refractivity contribution in [3.8, 4) is 11.6 Å². The lowest BCUT2D eigenvalue weighted by molar-refractivity contribution is 0.276. The largest absolute Gasteiger partial charge is 0.497 e. The number of hydrogen-bond donors (Lipinski definition) is 2. The van der Waals surface area contributed by atoms with Crippen molar-refractivity contribution in [3.05, 3.63) is 41.8 Å². The van der Waals surface area contributed by atoms with Gasteiger partial charge in [0, 0.05) is 0 Å². The van der Waals surface area contributed by atoms with Crippen molar-refractivity contribution >= 4 is 5.95 Å². The predicted molar refractivity (Wildman–Crippen MR) is 67.1 cm³/mol. The van der Waals surface area contributed by atoms with E-state index in [-0.39, 0.29) is 18.4 Å². The second kappa shape index (κ2) is 5.96. The molecule has 1 aromatic carbocycles. The third-order valence-electron chi connectivity index (χ3n) is 2.38. The van der Waals surface area contributed by atoms with Crippen LogP contribution < -0.4 is 20.7 Å². The summed E-state index contributed by atoms with van der Waals surface area (Å²) in [5.74, 6) is 5.17. The van der Waals surface area contributed by atoms with Gasteiger partial charge in [-0.3, -0.25) is 5.43 Å². The van der Waals surface area contributed by atoms with Gasteiger partial charge in [-0.2, -0.15) is 9.37 Å². The first-order valence-electron chi connectivity index (χ1n) is 5.48. The molecule has 0 aliphatic rings. The van der Waals surface area contributed by atoms with Crippen LogP contribution in [-0.4, -0.2) is 17.1 Å². The van der Waals surface area contributed by atoms with Gasteiger partial charge in [0.05, 0.1) is 13.3 Å². The molecule has 0 atom stereocenters. The highest BCUT2D eigenvalue weighted by Crippen LogP contribution is 2.17. The average molecular weight is 264 g/mol.